The zero-order valence-corrected chi connectivity index (χ0v) is 16.3. The number of carbonyl (C=O) groups excluding carboxylic acids is 2. The van der Waals surface area contributed by atoms with Crippen LogP contribution >= 0.6 is 0 Å². The van der Waals surface area contributed by atoms with Crippen LogP contribution in [0.25, 0.3) is 0 Å². The van der Waals surface area contributed by atoms with Gasteiger partial charge in [0.1, 0.15) is 0 Å². The Morgan fingerprint density at radius 3 is 2.04 bits per heavy atom. The average Bonchev–Trinajstić information content (AvgIpc) is 3.02. The van der Waals surface area contributed by atoms with Gasteiger partial charge in [-0.25, -0.2) is 8.42 Å². The second-order valence-electron chi connectivity index (χ2n) is 6.96. The quantitative estimate of drug-likeness (QED) is 0.739. The molecule has 0 aromatic heterocycles. The van der Waals surface area contributed by atoms with E-state index in [1.807, 2.05) is 60.7 Å². The summed E-state index contributed by atoms with van der Waals surface area (Å²) in [5.74, 6) is -0.767. The van der Waals surface area contributed by atoms with Gasteiger partial charge in [0.05, 0.1) is 17.4 Å². The molecule has 148 valence electrons. The number of hydrogen-bond donors (Lipinski definition) is 2. The highest BCUT2D eigenvalue weighted by atomic mass is 32.2. The topological polar surface area (TPSA) is 92.3 Å². The van der Waals surface area contributed by atoms with Crippen molar-refractivity contribution in [3.8, 4) is 0 Å². The summed E-state index contributed by atoms with van der Waals surface area (Å²) < 4.78 is 22.9. The molecule has 1 aliphatic rings. The molecular weight excluding hydrogens is 376 g/mol. The van der Waals surface area contributed by atoms with Gasteiger partial charge < -0.3 is 10.6 Å². The summed E-state index contributed by atoms with van der Waals surface area (Å²) in [7, 11) is -3.03. The highest BCUT2D eigenvalue weighted by Gasteiger charge is 2.29. The van der Waals surface area contributed by atoms with E-state index in [0.29, 0.717) is 6.42 Å². The summed E-state index contributed by atoms with van der Waals surface area (Å²) >= 11 is 0. The Labute approximate surface area is 165 Å². The van der Waals surface area contributed by atoms with Crippen molar-refractivity contribution in [2.24, 2.45) is 0 Å². The first-order valence-electron chi connectivity index (χ1n) is 9.32. The molecule has 2 amide bonds. The van der Waals surface area contributed by atoms with Crippen molar-refractivity contribution in [3.05, 3.63) is 71.8 Å². The molecule has 0 spiro atoms. The van der Waals surface area contributed by atoms with Crippen molar-refractivity contribution >= 4 is 21.7 Å². The lowest BCUT2D eigenvalue weighted by atomic mass is 9.90. The molecule has 1 saturated heterocycles. The highest BCUT2D eigenvalue weighted by Crippen LogP contribution is 2.24. The molecule has 0 unspecified atom stereocenters. The number of benzene rings is 2. The van der Waals surface area contributed by atoms with E-state index >= 15 is 0 Å². The van der Waals surface area contributed by atoms with Gasteiger partial charge >= 0.3 is 0 Å². The van der Waals surface area contributed by atoms with E-state index in [1.165, 1.54) is 0 Å². The molecule has 2 aromatic rings. The number of sulfone groups is 1. The molecule has 0 saturated carbocycles. The molecule has 7 heteroatoms. The minimum Gasteiger partial charge on any atom is -0.355 e. The molecule has 3 rings (SSSR count). The fraction of sp³-hybridized carbons (Fsp3) is 0.333. The second kappa shape index (κ2) is 9.01. The van der Waals surface area contributed by atoms with Crippen LogP contribution in [0.5, 0.6) is 0 Å². The van der Waals surface area contributed by atoms with E-state index < -0.39 is 15.8 Å². The fourth-order valence-electron chi connectivity index (χ4n) is 3.40. The minimum atomic E-state index is -3.03. The maximum atomic E-state index is 12.8. The van der Waals surface area contributed by atoms with Gasteiger partial charge in [-0.05, 0) is 17.5 Å². The van der Waals surface area contributed by atoms with Crippen LogP contribution in [0.1, 0.15) is 29.9 Å². The van der Waals surface area contributed by atoms with Gasteiger partial charge in [0.2, 0.25) is 11.8 Å². The molecule has 6 nitrogen and oxygen atoms in total. The number of amides is 2. The normalized spacial score (nSPS) is 18.0. The van der Waals surface area contributed by atoms with Crippen molar-refractivity contribution in [2.45, 2.75) is 24.8 Å². The Hall–Kier alpha value is -2.67. The first-order valence-corrected chi connectivity index (χ1v) is 11.1. The predicted molar refractivity (Wildman–Crippen MR) is 108 cm³/mol. The van der Waals surface area contributed by atoms with Crippen LogP contribution in [0.2, 0.25) is 0 Å². The molecule has 0 radical (unpaired) electrons. The van der Waals surface area contributed by atoms with Gasteiger partial charge in [-0.3, -0.25) is 9.59 Å². The van der Waals surface area contributed by atoms with Gasteiger partial charge in [-0.2, -0.15) is 0 Å². The third-order valence-corrected chi connectivity index (χ3v) is 6.54. The van der Waals surface area contributed by atoms with E-state index in [-0.39, 0.29) is 42.3 Å². The summed E-state index contributed by atoms with van der Waals surface area (Å²) in [4.78, 5) is 24.9. The summed E-state index contributed by atoms with van der Waals surface area (Å²) in [6.45, 7) is 0.195. The number of rotatable bonds is 7. The molecule has 0 aliphatic carbocycles. The maximum Gasteiger partial charge on any atom is 0.232 e. The molecule has 2 N–H and O–H groups in total. The number of hydrogen-bond acceptors (Lipinski definition) is 4. The Morgan fingerprint density at radius 1 is 0.964 bits per heavy atom. The van der Waals surface area contributed by atoms with E-state index in [1.54, 1.807) is 0 Å². The maximum absolute atomic E-state index is 12.8. The number of carbonyl (C=O) groups is 2. The van der Waals surface area contributed by atoms with Gasteiger partial charge in [0.25, 0.3) is 0 Å². The lowest BCUT2D eigenvalue weighted by Gasteiger charge is -2.18. The van der Waals surface area contributed by atoms with Crippen LogP contribution < -0.4 is 10.6 Å². The molecule has 0 bridgehead atoms. The van der Waals surface area contributed by atoms with Crippen LogP contribution in [0.15, 0.2) is 60.7 Å². The predicted octanol–water partition coefficient (Wildman–Crippen LogP) is 1.63. The summed E-state index contributed by atoms with van der Waals surface area (Å²) in [6, 6.07) is 18.7. The van der Waals surface area contributed by atoms with Crippen LogP contribution in [-0.2, 0) is 19.4 Å². The van der Waals surface area contributed by atoms with Gasteiger partial charge in [0, 0.05) is 19.0 Å². The second-order valence-corrected chi connectivity index (χ2v) is 9.19. The molecule has 1 fully saturated rings. The third-order valence-electron chi connectivity index (χ3n) is 4.78. The van der Waals surface area contributed by atoms with Gasteiger partial charge in [0.15, 0.2) is 9.84 Å². The van der Waals surface area contributed by atoms with Crippen molar-refractivity contribution in [3.63, 3.8) is 0 Å². The van der Waals surface area contributed by atoms with Crippen LogP contribution in [0.4, 0.5) is 0 Å². The van der Waals surface area contributed by atoms with E-state index in [9.17, 15) is 18.0 Å². The standard InChI is InChI=1S/C21H24N2O4S/c24-19(23-18-12-14-28(26,27)15-18)11-13-22-21(25)20(16-7-3-1-4-8-16)17-9-5-2-6-10-17/h1-10,18,20H,11-15H2,(H,22,25)(H,23,24)/t18-/m1/s1. The molecule has 28 heavy (non-hydrogen) atoms. The molecular formula is C21H24N2O4S. The Bertz CT molecular complexity index is 874. The van der Waals surface area contributed by atoms with E-state index in [2.05, 4.69) is 10.6 Å². The SMILES string of the molecule is O=C(CCNC(=O)C(c1ccccc1)c1ccccc1)N[C@@H]1CCS(=O)(=O)C1. The fourth-order valence-corrected chi connectivity index (χ4v) is 5.07. The largest absolute Gasteiger partial charge is 0.355 e. The van der Waals surface area contributed by atoms with E-state index in [0.717, 1.165) is 11.1 Å². The first kappa shape index (κ1) is 20.1. The summed E-state index contributed by atoms with van der Waals surface area (Å²) in [5.41, 5.74) is 1.76. The van der Waals surface area contributed by atoms with Crippen LogP contribution in [-0.4, -0.2) is 44.3 Å². The molecule has 1 aliphatic heterocycles. The van der Waals surface area contributed by atoms with Gasteiger partial charge in [-0.1, -0.05) is 60.7 Å². The summed E-state index contributed by atoms with van der Waals surface area (Å²) in [5, 5.41) is 5.57. The Morgan fingerprint density at radius 2 is 1.54 bits per heavy atom. The molecule has 2 aromatic carbocycles. The third kappa shape index (κ3) is 5.42. The first-order chi connectivity index (χ1) is 13.4. The Balaban J connectivity index is 1.56. The van der Waals surface area contributed by atoms with Crippen molar-refractivity contribution in [1.82, 2.24) is 10.6 Å². The Kier molecular flexibility index (Phi) is 6.46. The van der Waals surface area contributed by atoms with Gasteiger partial charge in [-0.15, -0.1) is 0 Å². The monoisotopic (exact) mass is 400 g/mol. The van der Waals surface area contributed by atoms with E-state index in [4.69, 9.17) is 0 Å². The lowest BCUT2D eigenvalue weighted by Crippen LogP contribution is -2.38. The average molecular weight is 401 g/mol. The number of nitrogens with one attached hydrogen (secondary N) is 2. The molecule has 1 heterocycles. The van der Waals surface area contributed by atoms with Crippen molar-refractivity contribution in [2.75, 3.05) is 18.1 Å². The zero-order chi connectivity index (χ0) is 20.0. The van der Waals surface area contributed by atoms with Crippen molar-refractivity contribution < 1.29 is 18.0 Å². The summed E-state index contributed by atoms with van der Waals surface area (Å²) in [6.07, 6.45) is 0.559. The zero-order valence-electron chi connectivity index (χ0n) is 15.5. The molecule has 1 atom stereocenters. The highest BCUT2D eigenvalue weighted by molar-refractivity contribution is 7.91. The minimum absolute atomic E-state index is 0.00477. The smallest absolute Gasteiger partial charge is 0.232 e. The van der Waals surface area contributed by atoms with Crippen molar-refractivity contribution in [1.29, 1.82) is 0 Å². The van der Waals surface area contributed by atoms with Crippen LogP contribution in [0.3, 0.4) is 0 Å². The lowest BCUT2D eigenvalue weighted by molar-refractivity contribution is -0.122. The van der Waals surface area contributed by atoms with Crippen LogP contribution in [0, 0.1) is 0 Å².